The highest BCUT2D eigenvalue weighted by Crippen LogP contribution is 2.48. The lowest BCUT2D eigenvalue weighted by Crippen LogP contribution is -2.14. The average molecular weight is 650 g/mol. The highest BCUT2D eigenvalue weighted by atomic mass is 35.5. The summed E-state index contributed by atoms with van der Waals surface area (Å²) in [5, 5.41) is 7.98. The Bertz CT molecular complexity index is 2590. The van der Waals surface area contributed by atoms with Crippen molar-refractivity contribution in [1.82, 2.24) is 14.5 Å². The summed E-state index contributed by atoms with van der Waals surface area (Å²) >= 11 is 13.4. The number of fused-ring (bicyclic) bond motifs is 10. The summed E-state index contributed by atoms with van der Waals surface area (Å²) in [5.74, 6) is 0.390. The van der Waals surface area contributed by atoms with Gasteiger partial charge in [-0.3, -0.25) is 0 Å². The van der Waals surface area contributed by atoms with Crippen molar-refractivity contribution in [3.8, 4) is 16.9 Å². The Hall–Kier alpha value is -4.42. The molecule has 2 atom stereocenters. The van der Waals surface area contributed by atoms with Gasteiger partial charge in [0, 0.05) is 43.4 Å². The zero-order chi connectivity index (χ0) is 31.1. The van der Waals surface area contributed by atoms with Crippen LogP contribution in [0.4, 0.5) is 0 Å². The summed E-state index contributed by atoms with van der Waals surface area (Å²) in [6.45, 7) is 4.38. The second-order valence-electron chi connectivity index (χ2n) is 12.2. The topological polar surface area (TPSA) is 30.7 Å². The summed E-state index contributed by atoms with van der Waals surface area (Å²) in [5.41, 5.74) is 7.40. The molecule has 9 rings (SSSR count). The van der Waals surface area contributed by atoms with Gasteiger partial charge in [-0.1, -0.05) is 104 Å². The molecule has 0 amide bonds. The van der Waals surface area contributed by atoms with Gasteiger partial charge in [-0.25, -0.2) is 9.97 Å². The molecule has 0 fully saturated rings. The Morgan fingerprint density at radius 2 is 1.46 bits per heavy atom. The van der Waals surface area contributed by atoms with Crippen LogP contribution in [-0.2, 0) is 0 Å². The summed E-state index contributed by atoms with van der Waals surface area (Å²) < 4.78 is 5.04. The van der Waals surface area contributed by atoms with Gasteiger partial charge >= 0.3 is 0 Å². The third kappa shape index (κ3) is 4.05. The van der Waals surface area contributed by atoms with E-state index >= 15 is 0 Å². The van der Waals surface area contributed by atoms with Gasteiger partial charge < -0.3 is 4.57 Å². The van der Waals surface area contributed by atoms with Gasteiger partial charge in [-0.05, 0) is 59.5 Å². The molecule has 3 aromatic heterocycles. The fraction of sp³-hybridized carbons (Fsp3) is 0.100. The first kappa shape index (κ1) is 27.9. The normalized spacial score (nSPS) is 16.7. The van der Waals surface area contributed by atoms with Crippen molar-refractivity contribution in [2.45, 2.75) is 24.7 Å². The van der Waals surface area contributed by atoms with E-state index in [4.69, 9.17) is 24.2 Å². The fourth-order valence-corrected chi connectivity index (χ4v) is 9.11. The highest BCUT2D eigenvalue weighted by molar-refractivity contribution is 7.80. The van der Waals surface area contributed by atoms with Crippen molar-refractivity contribution in [2.24, 2.45) is 5.92 Å². The van der Waals surface area contributed by atoms with Crippen LogP contribution >= 0.6 is 35.6 Å². The van der Waals surface area contributed by atoms with E-state index in [0.29, 0.717) is 5.92 Å². The van der Waals surface area contributed by atoms with E-state index in [0.717, 1.165) is 27.5 Å². The van der Waals surface area contributed by atoms with Crippen LogP contribution in [-0.4, -0.2) is 14.5 Å². The summed E-state index contributed by atoms with van der Waals surface area (Å²) in [6, 6.07) is 35.0. The lowest BCUT2D eigenvalue weighted by molar-refractivity contribution is 0.576. The summed E-state index contributed by atoms with van der Waals surface area (Å²) in [4.78, 5) is 10.1. The number of benzene rings is 5. The molecule has 46 heavy (non-hydrogen) atoms. The predicted molar refractivity (Wildman–Crippen MR) is 199 cm³/mol. The molecular formula is C40H28ClN3S2. The van der Waals surface area contributed by atoms with E-state index < -0.39 is 0 Å². The lowest BCUT2D eigenvalue weighted by Gasteiger charge is -2.25. The van der Waals surface area contributed by atoms with Crippen molar-refractivity contribution in [3.63, 3.8) is 0 Å². The Morgan fingerprint density at radius 3 is 2.24 bits per heavy atom. The molecule has 6 heteroatoms. The molecule has 5 aromatic carbocycles. The minimum Gasteiger partial charge on any atom is -0.308 e. The zero-order valence-electron chi connectivity index (χ0n) is 25.2. The Morgan fingerprint density at radius 1 is 0.783 bits per heavy atom. The maximum atomic E-state index is 6.56. The monoisotopic (exact) mass is 649 g/mol. The Labute approximate surface area is 280 Å². The van der Waals surface area contributed by atoms with Crippen LogP contribution in [0.25, 0.3) is 69.7 Å². The number of hydrogen-bond donors (Lipinski definition) is 1. The van der Waals surface area contributed by atoms with Crippen LogP contribution in [0, 0.1) is 5.92 Å². The van der Waals surface area contributed by atoms with Gasteiger partial charge in [0.1, 0.15) is 0 Å². The van der Waals surface area contributed by atoms with Crippen LogP contribution in [0.15, 0.2) is 126 Å². The molecular weight excluding hydrogens is 622 g/mol. The molecule has 222 valence electrons. The van der Waals surface area contributed by atoms with Gasteiger partial charge in [-0.15, -0.1) is 24.0 Å². The quantitative estimate of drug-likeness (QED) is 0.152. The second-order valence-corrected chi connectivity index (χ2v) is 14.0. The number of halogens is 1. The largest absolute Gasteiger partial charge is 0.308 e. The average Bonchev–Trinajstić information content (AvgIpc) is 3.64. The molecule has 0 saturated heterocycles. The number of thiol groups is 1. The molecule has 0 aliphatic heterocycles. The maximum absolute atomic E-state index is 6.56. The highest BCUT2D eigenvalue weighted by Gasteiger charge is 2.26. The number of aromatic nitrogens is 3. The Balaban J connectivity index is 1.28. The first-order valence-electron chi connectivity index (χ1n) is 15.5. The summed E-state index contributed by atoms with van der Waals surface area (Å²) in [7, 11) is 0. The van der Waals surface area contributed by atoms with Gasteiger partial charge in [0.15, 0.2) is 0 Å². The summed E-state index contributed by atoms with van der Waals surface area (Å²) in [6.07, 6.45) is 6.44. The number of allylic oxidation sites excluding steroid dienone is 4. The van der Waals surface area contributed by atoms with E-state index in [-0.39, 0.29) is 11.2 Å². The molecule has 1 aliphatic carbocycles. The first-order chi connectivity index (χ1) is 22.5. The van der Waals surface area contributed by atoms with E-state index in [1.54, 1.807) is 0 Å². The van der Waals surface area contributed by atoms with Crippen molar-refractivity contribution < 1.29 is 0 Å². The van der Waals surface area contributed by atoms with E-state index in [9.17, 15) is 0 Å². The smallest absolute Gasteiger partial charge is 0.223 e. The zero-order valence-corrected chi connectivity index (χ0v) is 27.7. The Kier molecular flexibility index (Phi) is 6.40. The molecule has 2 unspecified atom stereocenters. The van der Waals surface area contributed by atoms with E-state index in [1.807, 2.05) is 11.3 Å². The van der Waals surface area contributed by atoms with E-state index in [1.165, 1.54) is 58.3 Å². The number of para-hydroxylation sites is 1. The van der Waals surface area contributed by atoms with Gasteiger partial charge in [0.05, 0.1) is 32.0 Å². The van der Waals surface area contributed by atoms with Crippen LogP contribution < -0.4 is 0 Å². The molecule has 0 spiro atoms. The molecule has 0 bridgehead atoms. The van der Waals surface area contributed by atoms with Crippen molar-refractivity contribution >= 4 is 88.3 Å². The van der Waals surface area contributed by atoms with Crippen molar-refractivity contribution in [2.75, 3.05) is 0 Å². The van der Waals surface area contributed by atoms with Crippen LogP contribution in [0.1, 0.15) is 25.5 Å². The lowest BCUT2D eigenvalue weighted by atomic mass is 9.82. The van der Waals surface area contributed by atoms with Crippen LogP contribution in [0.2, 0.25) is 5.28 Å². The molecule has 0 saturated carbocycles. The minimum atomic E-state index is 0.0900. The number of thiophene rings is 1. The minimum absolute atomic E-state index is 0.0900. The SMILES string of the molecule is CC1=CC=CC(c2nc(Cl)nc(-c3ccc(-n4c5ccccc5c5c6ccccc6c6c7ccccc7sc6c54)cc3)c2S)C1C. The van der Waals surface area contributed by atoms with Gasteiger partial charge in [0.2, 0.25) is 5.28 Å². The molecule has 0 radical (unpaired) electrons. The van der Waals surface area contributed by atoms with Crippen LogP contribution in [0.3, 0.4) is 0 Å². The molecule has 0 N–H and O–H groups in total. The third-order valence-electron chi connectivity index (χ3n) is 9.68. The van der Waals surface area contributed by atoms with Crippen LogP contribution in [0.5, 0.6) is 0 Å². The van der Waals surface area contributed by atoms with E-state index in [2.05, 4.69) is 144 Å². The van der Waals surface area contributed by atoms with Crippen molar-refractivity contribution in [1.29, 1.82) is 0 Å². The molecule has 1 aliphatic rings. The van der Waals surface area contributed by atoms with Gasteiger partial charge in [-0.2, -0.15) is 0 Å². The standard InChI is InChI=1S/C40H28ClN3S2/c1-22-10-9-15-26(23(22)2)36-38(45)35(42-40(41)43-36)24-18-20-25(21-19-24)44-31-16-7-5-13-29(31)33-27-11-3-4-12-28(27)34-30-14-6-8-17-32(30)46-39(34)37(33)44/h3-21,23,26,45H,1-2H3. The molecule has 3 nitrogen and oxygen atoms in total. The first-order valence-corrected chi connectivity index (χ1v) is 17.1. The van der Waals surface area contributed by atoms with Gasteiger partial charge in [0.25, 0.3) is 0 Å². The third-order valence-corrected chi connectivity index (χ3v) is 11.5. The number of rotatable bonds is 3. The predicted octanol–water partition coefficient (Wildman–Crippen LogP) is 11.9. The molecule has 8 aromatic rings. The number of nitrogens with zero attached hydrogens (tertiary/aromatic N) is 3. The second kappa shape index (κ2) is 10.6. The molecule has 3 heterocycles. The van der Waals surface area contributed by atoms with Crippen molar-refractivity contribution in [3.05, 3.63) is 132 Å². The maximum Gasteiger partial charge on any atom is 0.223 e. The fourth-order valence-electron chi connectivity index (χ4n) is 7.30. The number of hydrogen-bond acceptors (Lipinski definition) is 4.